The van der Waals surface area contributed by atoms with E-state index in [2.05, 4.69) is 15.0 Å². The van der Waals surface area contributed by atoms with Gasteiger partial charge in [0.25, 0.3) is 0 Å². The van der Waals surface area contributed by atoms with Crippen LogP contribution in [0, 0.1) is 0 Å². The molecule has 0 bridgehead atoms. The number of imidazole rings is 1. The molecule has 1 atom stereocenters. The van der Waals surface area contributed by atoms with Gasteiger partial charge in [0.1, 0.15) is 5.82 Å². The first-order valence-corrected chi connectivity index (χ1v) is 4.96. The van der Waals surface area contributed by atoms with Gasteiger partial charge in [0.05, 0.1) is 13.2 Å². The number of hydrogen-bond donors (Lipinski definition) is 2. The first kappa shape index (κ1) is 10.6. The second-order valence-electron chi connectivity index (χ2n) is 3.36. The number of aliphatic hydroxyl groups excluding tert-OH is 1. The van der Waals surface area contributed by atoms with Gasteiger partial charge in [-0.1, -0.05) is 0 Å². The molecule has 0 radical (unpaired) electrons. The third-order valence-electron chi connectivity index (χ3n) is 2.29. The van der Waals surface area contributed by atoms with Gasteiger partial charge >= 0.3 is 0 Å². The first-order chi connectivity index (χ1) is 7.81. The molecule has 2 N–H and O–H groups in total. The molecule has 16 heavy (non-hydrogen) atoms. The first-order valence-electron chi connectivity index (χ1n) is 4.96. The number of pyridine rings is 1. The number of rotatable bonds is 4. The van der Waals surface area contributed by atoms with Crippen molar-refractivity contribution in [2.75, 3.05) is 7.11 Å². The molecule has 2 rings (SSSR count). The molecule has 0 fully saturated rings. The fraction of sp³-hybridized carbons (Fsp3) is 0.273. The number of aromatic nitrogens is 3. The van der Waals surface area contributed by atoms with Crippen molar-refractivity contribution in [3.05, 3.63) is 42.1 Å². The lowest BCUT2D eigenvalue weighted by atomic mass is 10.1. The minimum atomic E-state index is -0.671. The third kappa shape index (κ3) is 2.20. The predicted molar refractivity (Wildman–Crippen MR) is 58.0 cm³/mol. The van der Waals surface area contributed by atoms with Crippen molar-refractivity contribution >= 4 is 0 Å². The normalized spacial score (nSPS) is 12.4. The van der Waals surface area contributed by atoms with E-state index in [1.807, 2.05) is 0 Å². The van der Waals surface area contributed by atoms with Crippen LogP contribution in [0.1, 0.15) is 17.5 Å². The van der Waals surface area contributed by atoms with Crippen LogP contribution in [0.2, 0.25) is 0 Å². The van der Waals surface area contributed by atoms with Crippen molar-refractivity contribution in [1.82, 2.24) is 15.0 Å². The summed E-state index contributed by atoms with van der Waals surface area (Å²) in [4.78, 5) is 11.0. The largest absolute Gasteiger partial charge is 0.481 e. The van der Waals surface area contributed by atoms with Crippen LogP contribution in [0.3, 0.4) is 0 Å². The van der Waals surface area contributed by atoms with Crippen LogP contribution >= 0.6 is 0 Å². The number of aliphatic hydroxyl groups is 1. The zero-order valence-corrected chi connectivity index (χ0v) is 8.92. The van der Waals surface area contributed by atoms with Crippen molar-refractivity contribution in [3.8, 4) is 5.88 Å². The van der Waals surface area contributed by atoms with Gasteiger partial charge in [-0.15, -0.1) is 0 Å². The molecule has 1 unspecified atom stereocenters. The molecule has 0 aliphatic rings. The highest BCUT2D eigenvalue weighted by atomic mass is 16.5. The molecule has 2 aromatic rings. The maximum Gasteiger partial charge on any atom is 0.218 e. The third-order valence-corrected chi connectivity index (χ3v) is 2.29. The van der Waals surface area contributed by atoms with Crippen LogP contribution in [0.25, 0.3) is 0 Å². The van der Waals surface area contributed by atoms with Crippen LogP contribution in [0.5, 0.6) is 5.88 Å². The van der Waals surface area contributed by atoms with Gasteiger partial charge in [-0.05, 0) is 12.1 Å². The van der Waals surface area contributed by atoms with Crippen molar-refractivity contribution in [2.24, 2.45) is 0 Å². The van der Waals surface area contributed by atoms with E-state index in [-0.39, 0.29) is 0 Å². The second kappa shape index (κ2) is 4.76. The number of methoxy groups -OCH3 is 1. The fourth-order valence-corrected chi connectivity index (χ4v) is 1.53. The molecule has 5 heteroatoms. The summed E-state index contributed by atoms with van der Waals surface area (Å²) in [7, 11) is 1.53. The average molecular weight is 219 g/mol. The quantitative estimate of drug-likeness (QED) is 0.807. The summed E-state index contributed by atoms with van der Waals surface area (Å²) in [6.07, 6.45) is 4.75. The molecule has 0 aliphatic heterocycles. The van der Waals surface area contributed by atoms with E-state index in [0.717, 1.165) is 5.82 Å². The molecule has 84 valence electrons. The predicted octanol–water partition coefficient (Wildman–Crippen LogP) is 1.09. The number of ether oxygens (including phenoxy) is 1. The summed E-state index contributed by atoms with van der Waals surface area (Å²) in [5.74, 6) is 1.18. The molecule has 0 saturated heterocycles. The lowest BCUT2D eigenvalue weighted by molar-refractivity contribution is 0.170. The number of nitrogens with one attached hydrogen (secondary N) is 1. The Balaban J connectivity index is 2.17. The summed E-state index contributed by atoms with van der Waals surface area (Å²) in [5, 5.41) is 10.0. The van der Waals surface area contributed by atoms with E-state index < -0.39 is 6.10 Å². The topological polar surface area (TPSA) is 71.0 Å². The maximum atomic E-state index is 10.0. The van der Waals surface area contributed by atoms with Crippen LogP contribution in [-0.4, -0.2) is 27.2 Å². The minimum absolute atomic E-state index is 0.412. The molecule has 5 nitrogen and oxygen atoms in total. The summed E-state index contributed by atoms with van der Waals surface area (Å²) >= 11 is 0. The molecule has 0 amide bonds. The minimum Gasteiger partial charge on any atom is -0.481 e. The zero-order valence-electron chi connectivity index (χ0n) is 8.92. The Labute approximate surface area is 93.1 Å². The van der Waals surface area contributed by atoms with Gasteiger partial charge < -0.3 is 14.8 Å². The van der Waals surface area contributed by atoms with Gasteiger partial charge in [0.15, 0.2) is 0 Å². The lowest BCUT2D eigenvalue weighted by Gasteiger charge is -2.12. The van der Waals surface area contributed by atoms with E-state index in [4.69, 9.17) is 4.74 Å². The number of aromatic amines is 1. The van der Waals surface area contributed by atoms with Gasteiger partial charge in [-0.2, -0.15) is 0 Å². The van der Waals surface area contributed by atoms with E-state index in [1.54, 1.807) is 30.7 Å². The highest BCUT2D eigenvalue weighted by Gasteiger charge is 2.15. The van der Waals surface area contributed by atoms with Crippen LogP contribution < -0.4 is 4.74 Å². The van der Waals surface area contributed by atoms with E-state index in [0.29, 0.717) is 17.9 Å². The fourth-order valence-electron chi connectivity index (χ4n) is 1.53. The van der Waals surface area contributed by atoms with E-state index in [9.17, 15) is 5.11 Å². The molecular weight excluding hydrogens is 206 g/mol. The van der Waals surface area contributed by atoms with Crippen LogP contribution in [-0.2, 0) is 6.42 Å². The Morgan fingerprint density at radius 1 is 1.44 bits per heavy atom. The standard InChI is InChI=1S/C11H13N3O2/c1-16-11-8(3-2-4-14-11)9(15)7-10-12-5-6-13-10/h2-6,9,15H,7H2,1H3,(H,12,13). The van der Waals surface area contributed by atoms with Crippen LogP contribution in [0.15, 0.2) is 30.7 Å². The summed E-state index contributed by atoms with van der Waals surface area (Å²) in [6.45, 7) is 0. The number of hydrogen-bond acceptors (Lipinski definition) is 4. The van der Waals surface area contributed by atoms with Gasteiger partial charge in [0.2, 0.25) is 5.88 Å². The van der Waals surface area contributed by atoms with E-state index >= 15 is 0 Å². The van der Waals surface area contributed by atoms with Crippen LogP contribution in [0.4, 0.5) is 0 Å². The average Bonchev–Trinajstić information content (AvgIpc) is 2.81. The van der Waals surface area contributed by atoms with Gasteiger partial charge in [-0.25, -0.2) is 9.97 Å². The summed E-state index contributed by atoms with van der Waals surface area (Å²) in [5.41, 5.74) is 0.668. The molecule has 0 aliphatic carbocycles. The van der Waals surface area contributed by atoms with Gasteiger partial charge in [0, 0.05) is 30.6 Å². The Bertz CT molecular complexity index is 442. The number of H-pyrrole nitrogens is 1. The summed E-state index contributed by atoms with van der Waals surface area (Å²) in [6, 6.07) is 3.56. The Kier molecular flexibility index (Phi) is 3.16. The number of nitrogens with zero attached hydrogens (tertiary/aromatic N) is 2. The van der Waals surface area contributed by atoms with Crippen molar-refractivity contribution in [3.63, 3.8) is 0 Å². The monoisotopic (exact) mass is 219 g/mol. The smallest absolute Gasteiger partial charge is 0.218 e. The summed E-state index contributed by atoms with van der Waals surface area (Å²) < 4.78 is 5.08. The Morgan fingerprint density at radius 3 is 3.00 bits per heavy atom. The van der Waals surface area contributed by atoms with Crippen molar-refractivity contribution in [2.45, 2.75) is 12.5 Å². The van der Waals surface area contributed by atoms with Gasteiger partial charge in [-0.3, -0.25) is 0 Å². The Hall–Kier alpha value is -1.88. The highest BCUT2D eigenvalue weighted by Crippen LogP contribution is 2.24. The SMILES string of the molecule is COc1ncccc1C(O)Cc1ncc[nH]1. The molecule has 0 saturated carbocycles. The molecule has 2 aromatic heterocycles. The van der Waals surface area contributed by atoms with Crippen molar-refractivity contribution in [1.29, 1.82) is 0 Å². The second-order valence-corrected chi connectivity index (χ2v) is 3.36. The molecule has 0 spiro atoms. The lowest BCUT2D eigenvalue weighted by Crippen LogP contribution is -2.06. The molecule has 0 aromatic carbocycles. The highest BCUT2D eigenvalue weighted by molar-refractivity contribution is 5.28. The maximum absolute atomic E-state index is 10.0. The van der Waals surface area contributed by atoms with Crippen molar-refractivity contribution < 1.29 is 9.84 Å². The zero-order chi connectivity index (χ0) is 11.4. The molecule has 2 heterocycles. The van der Waals surface area contributed by atoms with E-state index in [1.165, 1.54) is 7.11 Å². The molecular formula is C11H13N3O2. The Morgan fingerprint density at radius 2 is 2.31 bits per heavy atom.